The number of halogens is 1. The third kappa shape index (κ3) is 3.59. The van der Waals surface area contributed by atoms with Crippen LogP contribution in [0.15, 0.2) is 91.3 Å². The molecule has 4 aromatic rings. The maximum Gasteiger partial charge on any atom is 0.174 e. The second-order valence-corrected chi connectivity index (χ2v) is 8.00. The third-order valence-corrected chi connectivity index (χ3v) is 5.91. The van der Waals surface area contributed by atoms with Crippen LogP contribution in [0.2, 0.25) is 0 Å². The van der Waals surface area contributed by atoms with E-state index in [1.165, 1.54) is 17.7 Å². The summed E-state index contributed by atoms with van der Waals surface area (Å²) in [7, 11) is 0. The number of aromatic nitrogens is 2. The summed E-state index contributed by atoms with van der Waals surface area (Å²) < 4.78 is 15.8. The Balaban J connectivity index is 1.66. The monoisotopic (exact) mass is 428 g/mol. The molecule has 1 N–H and O–H groups in total. The molecule has 4 nitrogen and oxygen atoms in total. The van der Waals surface area contributed by atoms with Gasteiger partial charge in [0.25, 0.3) is 0 Å². The Bertz CT molecular complexity index is 1200. The van der Waals surface area contributed by atoms with Crippen molar-refractivity contribution in [3.8, 4) is 5.69 Å². The van der Waals surface area contributed by atoms with Gasteiger partial charge in [0.1, 0.15) is 11.9 Å². The van der Waals surface area contributed by atoms with E-state index in [0.29, 0.717) is 5.11 Å². The lowest BCUT2D eigenvalue weighted by Gasteiger charge is -2.29. The molecule has 0 unspecified atom stereocenters. The van der Waals surface area contributed by atoms with Crippen LogP contribution in [0.1, 0.15) is 29.0 Å². The SMILES string of the molecule is Cc1ccc(-n2cccc2[C@H]2[C@H](c3ccccn3)NC(=S)N2c2ccc(F)cc2)cc1. The van der Waals surface area contributed by atoms with Crippen LogP contribution >= 0.6 is 12.2 Å². The highest BCUT2D eigenvalue weighted by atomic mass is 32.1. The molecular weight excluding hydrogens is 407 g/mol. The summed E-state index contributed by atoms with van der Waals surface area (Å²) in [6.45, 7) is 2.08. The Labute approximate surface area is 186 Å². The van der Waals surface area contributed by atoms with Gasteiger partial charge < -0.3 is 14.8 Å². The van der Waals surface area contributed by atoms with Crippen molar-refractivity contribution < 1.29 is 4.39 Å². The Hall–Kier alpha value is -3.51. The first-order valence-corrected chi connectivity index (χ1v) is 10.5. The van der Waals surface area contributed by atoms with Crippen LogP contribution in [0.4, 0.5) is 10.1 Å². The van der Waals surface area contributed by atoms with Crippen molar-refractivity contribution in [1.29, 1.82) is 0 Å². The first kappa shape index (κ1) is 19.5. The molecule has 3 heterocycles. The van der Waals surface area contributed by atoms with E-state index >= 15 is 0 Å². The van der Waals surface area contributed by atoms with Crippen LogP contribution in [-0.4, -0.2) is 14.7 Å². The van der Waals surface area contributed by atoms with Crippen molar-refractivity contribution >= 4 is 23.0 Å². The van der Waals surface area contributed by atoms with E-state index in [1.54, 1.807) is 18.3 Å². The Morgan fingerprint density at radius 1 is 0.903 bits per heavy atom. The van der Waals surface area contributed by atoms with Gasteiger partial charge >= 0.3 is 0 Å². The van der Waals surface area contributed by atoms with E-state index in [0.717, 1.165) is 22.8 Å². The summed E-state index contributed by atoms with van der Waals surface area (Å²) in [5.41, 5.74) is 5.08. The molecule has 1 aliphatic heterocycles. The highest BCUT2D eigenvalue weighted by Gasteiger charge is 2.42. The topological polar surface area (TPSA) is 33.1 Å². The van der Waals surface area contributed by atoms with Gasteiger partial charge in [-0.25, -0.2) is 4.39 Å². The zero-order valence-corrected chi connectivity index (χ0v) is 17.8. The molecule has 0 aliphatic carbocycles. The summed E-state index contributed by atoms with van der Waals surface area (Å²) >= 11 is 5.74. The second-order valence-electron chi connectivity index (χ2n) is 7.61. The lowest BCUT2D eigenvalue weighted by Crippen LogP contribution is -2.30. The number of anilines is 1. The molecule has 0 radical (unpaired) electrons. The number of aryl methyl sites for hydroxylation is 1. The molecule has 1 aliphatic rings. The molecule has 154 valence electrons. The fraction of sp³-hybridized carbons (Fsp3) is 0.120. The minimum Gasteiger partial charge on any atom is -0.351 e. The summed E-state index contributed by atoms with van der Waals surface area (Å²) in [4.78, 5) is 6.64. The van der Waals surface area contributed by atoms with E-state index in [2.05, 4.69) is 58.3 Å². The molecule has 2 aromatic heterocycles. The normalized spacial score (nSPS) is 18.3. The summed E-state index contributed by atoms with van der Waals surface area (Å²) in [6.07, 6.45) is 3.84. The van der Waals surface area contributed by atoms with Gasteiger partial charge in [0.15, 0.2) is 5.11 Å². The maximum atomic E-state index is 13.6. The van der Waals surface area contributed by atoms with Gasteiger partial charge in [0, 0.05) is 29.5 Å². The average molecular weight is 429 g/mol. The summed E-state index contributed by atoms with van der Waals surface area (Å²) in [5, 5.41) is 4.03. The predicted molar refractivity (Wildman–Crippen MR) is 125 cm³/mol. The molecule has 31 heavy (non-hydrogen) atoms. The van der Waals surface area contributed by atoms with Gasteiger partial charge in [0.2, 0.25) is 0 Å². The average Bonchev–Trinajstić information content (AvgIpc) is 3.40. The highest BCUT2D eigenvalue weighted by molar-refractivity contribution is 7.80. The fourth-order valence-corrected chi connectivity index (χ4v) is 4.46. The number of nitrogens with zero attached hydrogens (tertiary/aromatic N) is 3. The van der Waals surface area contributed by atoms with Crippen molar-refractivity contribution in [2.75, 3.05) is 4.90 Å². The highest BCUT2D eigenvalue weighted by Crippen LogP contribution is 2.42. The summed E-state index contributed by atoms with van der Waals surface area (Å²) in [6, 6.07) is 24.6. The van der Waals surface area contributed by atoms with Gasteiger partial charge in [-0.05, 0) is 79.8 Å². The van der Waals surface area contributed by atoms with Gasteiger partial charge in [-0.15, -0.1) is 0 Å². The van der Waals surface area contributed by atoms with Crippen molar-refractivity contribution in [2.24, 2.45) is 0 Å². The number of benzene rings is 2. The lowest BCUT2D eigenvalue weighted by atomic mass is 10.0. The van der Waals surface area contributed by atoms with E-state index < -0.39 is 0 Å². The molecule has 0 saturated carbocycles. The third-order valence-electron chi connectivity index (χ3n) is 5.60. The molecule has 2 aromatic carbocycles. The Kier molecular flexibility index (Phi) is 5.00. The molecule has 1 fully saturated rings. The molecule has 2 atom stereocenters. The predicted octanol–water partition coefficient (Wildman–Crippen LogP) is 5.50. The zero-order chi connectivity index (χ0) is 21.4. The number of pyridine rings is 1. The first-order chi connectivity index (χ1) is 15.1. The lowest BCUT2D eigenvalue weighted by molar-refractivity contribution is 0.549. The van der Waals surface area contributed by atoms with Gasteiger partial charge in [-0.1, -0.05) is 23.8 Å². The molecular formula is C25H21FN4S. The second kappa shape index (κ2) is 7.96. The molecule has 0 bridgehead atoms. The molecule has 5 rings (SSSR count). The summed E-state index contributed by atoms with van der Waals surface area (Å²) in [5.74, 6) is -0.275. The largest absolute Gasteiger partial charge is 0.351 e. The van der Waals surface area contributed by atoms with Gasteiger partial charge in [-0.2, -0.15) is 0 Å². The van der Waals surface area contributed by atoms with E-state index in [9.17, 15) is 4.39 Å². The number of hydrogen-bond donors (Lipinski definition) is 1. The van der Waals surface area contributed by atoms with E-state index in [1.807, 2.05) is 29.2 Å². The van der Waals surface area contributed by atoms with Crippen molar-refractivity contribution in [1.82, 2.24) is 14.9 Å². The molecule has 6 heteroatoms. The van der Waals surface area contributed by atoms with Crippen molar-refractivity contribution in [3.63, 3.8) is 0 Å². The zero-order valence-electron chi connectivity index (χ0n) is 16.9. The maximum absolute atomic E-state index is 13.6. The van der Waals surface area contributed by atoms with Crippen molar-refractivity contribution in [2.45, 2.75) is 19.0 Å². The fourth-order valence-electron chi connectivity index (χ4n) is 4.11. The van der Waals surface area contributed by atoms with E-state index in [-0.39, 0.29) is 17.9 Å². The Morgan fingerprint density at radius 2 is 1.65 bits per heavy atom. The minimum absolute atomic E-state index is 0.155. The molecule has 0 spiro atoms. The smallest absolute Gasteiger partial charge is 0.174 e. The van der Waals surface area contributed by atoms with Gasteiger partial charge in [0.05, 0.1) is 11.7 Å². The van der Waals surface area contributed by atoms with Crippen LogP contribution in [-0.2, 0) is 0 Å². The van der Waals surface area contributed by atoms with Crippen LogP contribution in [0.5, 0.6) is 0 Å². The van der Waals surface area contributed by atoms with Gasteiger partial charge in [-0.3, -0.25) is 4.98 Å². The van der Waals surface area contributed by atoms with Crippen molar-refractivity contribution in [3.05, 3.63) is 114 Å². The van der Waals surface area contributed by atoms with Crippen LogP contribution in [0, 0.1) is 12.7 Å². The van der Waals surface area contributed by atoms with Crippen LogP contribution in [0.3, 0.4) is 0 Å². The minimum atomic E-state index is -0.275. The first-order valence-electron chi connectivity index (χ1n) is 10.1. The number of rotatable bonds is 4. The standard InChI is InChI=1S/C25H21FN4S/c1-17-7-11-19(12-8-17)29-16-4-6-22(29)24-23(21-5-2-3-15-27-21)28-25(31)30(24)20-13-9-18(26)10-14-20/h2-16,23-24H,1H3,(H,28,31)/t23-,24-/m0/s1. The van der Waals surface area contributed by atoms with E-state index in [4.69, 9.17) is 12.2 Å². The quantitative estimate of drug-likeness (QED) is 0.435. The number of thiocarbonyl (C=S) groups is 1. The molecule has 0 amide bonds. The van der Waals surface area contributed by atoms with Crippen LogP contribution < -0.4 is 10.2 Å². The number of nitrogens with one attached hydrogen (secondary N) is 1. The number of hydrogen-bond acceptors (Lipinski definition) is 2. The molecule has 1 saturated heterocycles. The Morgan fingerprint density at radius 3 is 2.35 bits per heavy atom. The van der Waals surface area contributed by atoms with Crippen LogP contribution in [0.25, 0.3) is 5.69 Å².